The van der Waals surface area contributed by atoms with Gasteiger partial charge in [0.15, 0.2) is 11.5 Å². The Hall–Kier alpha value is -0.720. The molecule has 24 heavy (non-hydrogen) atoms. The molecule has 1 saturated heterocycles. The monoisotopic (exact) mass is 378 g/mol. The molecule has 2 N–H and O–H groups in total. The maximum absolute atomic E-state index is 9.50. The number of nitrogens with zero attached hydrogens (tertiary/aromatic N) is 1. The fraction of sp³-hybridized carbons (Fsp3) is 0.647. The molecule has 0 bridgehead atoms. The molecule has 0 radical (unpaired) electrons. The van der Waals surface area contributed by atoms with Gasteiger partial charge in [0.05, 0.1) is 25.3 Å². The van der Waals surface area contributed by atoms with Gasteiger partial charge in [0.1, 0.15) is 0 Å². The minimum Gasteiger partial charge on any atom is -0.493 e. The van der Waals surface area contributed by atoms with E-state index in [0.29, 0.717) is 16.5 Å². The smallest absolute Gasteiger partial charge is 0.179 e. The molecule has 1 aliphatic heterocycles. The Kier molecular flexibility index (Phi) is 9.78. The molecule has 1 aromatic carbocycles. The van der Waals surface area contributed by atoms with Gasteiger partial charge in [-0.25, -0.2) is 0 Å². The number of aliphatic hydroxyl groups excluding tert-OH is 1. The van der Waals surface area contributed by atoms with Crippen LogP contribution in [0.5, 0.6) is 11.5 Å². The fourth-order valence-electron chi connectivity index (χ4n) is 2.88. The molecule has 1 heterocycles. The number of rotatable bonds is 8. The normalized spacial score (nSPS) is 15.8. The molecule has 0 aliphatic carbocycles. The number of aliphatic hydroxyl groups is 1. The zero-order valence-corrected chi connectivity index (χ0v) is 16.0. The van der Waals surface area contributed by atoms with Crippen LogP contribution in [0.1, 0.15) is 24.8 Å². The highest BCUT2D eigenvalue weighted by molar-refractivity contribution is 6.32. The van der Waals surface area contributed by atoms with Crippen molar-refractivity contribution in [2.75, 3.05) is 40.4 Å². The molecule has 0 spiro atoms. The molecule has 0 atom stereocenters. The van der Waals surface area contributed by atoms with Crippen molar-refractivity contribution in [3.63, 3.8) is 0 Å². The SMILES string of the molecule is COc1cc(CNCCCN2CCC(O)CC2)cc(Cl)c1OC.Cl. The van der Waals surface area contributed by atoms with Gasteiger partial charge in [0.2, 0.25) is 0 Å². The molecule has 2 rings (SSSR count). The zero-order valence-electron chi connectivity index (χ0n) is 14.4. The zero-order chi connectivity index (χ0) is 16.7. The number of ether oxygens (including phenoxy) is 2. The van der Waals surface area contributed by atoms with Crippen molar-refractivity contribution in [1.82, 2.24) is 10.2 Å². The van der Waals surface area contributed by atoms with E-state index in [-0.39, 0.29) is 18.5 Å². The standard InChI is InChI=1S/C17H27ClN2O3.ClH/c1-22-16-11-13(10-15(18)17(16)23-2)12-19-6-3-7-20-8-4-14(21)5-9-20;/h10-11,14,19,21H,3-9,12H2,1-2H3;1H. The van der Waals surface area contributed by atoms with Crippen LogP contribution in [0.2, 0.25) is 5.02 Å². The van der Waals surface area contributed by atoms with E-state index in [9.17, 15) is 5.11 Å². The second-order valence-corrected chi connectivity index (χ2v) is 6.32. The lowest BCUT2D eigenvalue weighted by Crippen LogP contribution is -2.37. The van der Waals surface area contributed by atoms with Crippen molar-refractivity contribution in [1.29, 1.82) is 0 Å². The van der Waals surface area contributed by atoms with Gasteiger partial charge in [0.25, 0.3) is 0 Å². The van der Waals surface area contributed by atoms with Gasteiger partial charge >= 0.3 is 0 Å². The maximum atomic E-state index is 9.50. The Balaban J connectivity index is 0.00000288. The largest absolute Gasteiger partial charge is 0.493 e. The molecule has 0 unspecified atom stereocenters. The van der Waals surface area contributed by atoms with E-state index in [1.54, 1.807) is 14.2 Å². The van der Waals surface area contributed by atoms with Crippen molar-refractivity contribution in [2.45, 2.75) is 31.9 Å². The van der Waals surface area contributed by atoms with Crippen LogP contribution in [0.25, 0.3) is 0 Å². The van der Waals surface area contributed by atoms with Crippen LogP contribution in [0, 0.1) is 0 Å². The number of hydrogen-bond acceptors (Lipinski definition) is 5. The molecule has 1 fully saturated rings. The third-order valence-corrected chi connectivity index (χ3v) is 4.49. The average molecular weight is 379 g/mol. The third-order valence-electron chi connectivity index (χ3n) is 4.21. The van der Waals surface area contributed by atoms with Crippen molar-refractivity contribution < 1.29 is 14.6 Å². The van der Waals surface area contributed by atoms with Crippen LogP contribution in [-0.2, 0) is 6.54 Å². The van der Waals surface area contributed by atoms with E-state index in [1.807, 2.05) is 12.1 Å². The predicted molar refractivity (Wildman–Crippen MR) is 99.8 cm³/mol. The highest BCUT2D eigenvalue weighted by Gasteiger charge is 2.16. The van der Waals surface area contributed by atoms with Gasteiger partial charge in [0, 0.05) is 19.6 Å². The lowest BCUT2D eigenvalue weighted by molar-refractivity contribution is 0.0821. The van der Waals surface area contributed by atoms with Gasteiger partial charge in [-0.3, -0.25) is 0 Å². The first kappa shape index (κ1) is 21.3. The molecule has 138 valence electrons. The van der Waals surface area contributed by atoms with E-state index >= 15 is 0 Å². The number of methoxy groups -OCH3 is 2. The van der Waals surface area contributed by atoms with Gasteiger partial charge in [-0.15, -0.1) is 12.4 Å². The van der Waals surface area contributed by atoms with Crippen LogP contribution in [0.3, 0.4) is 0 Å². The lowest BCUT2D eigenvalue weighted by Gasteiger charge is -2.29. The van der Waals surface area contributed by atoms with Crippen LogP contribution < -0.4 is 14.8 Å². The molecule has 0 amide bonds. The van der Waals surface area contributed by atoms with Crippen LogP contribution in [0.4, 0.5) is 0 Å². The summed E-state index contributed by atoms with van der Waals surface area (Å²) in [7, 11) is 3.20. The highest BCUT2D eigenvalue weighted by Crippen LogP contribution is 2.35. The Morgan fingerprint density at radius 2 is 1.96 bits per heavy atom. The second-order valence-electron chi connectivity index (χ2n) is 5.92. The number of likely N-dealkylation sites (tertiary alicyclic amines) is 1. The number of benzene rings is 1. The lowest BCUT2D eigenvalue weighted by atomic mass is 10.1. The molecular formula is C17H28Cl2N2O3. The third kappa shape index (κ3) is 6.30. The van der Waals surface area contributed by atoms with Gasteiger partial charge in [-0.05, 0) is 50.0 Å². The van der Waals surface area contributed by atoms with E-state index < -0.39 is 0 Å². The highest BCUT2D eigenvalue weighted by atomic mass is 35.5. The number of halogens is 2. The fourth-order valence-corrected chi connectivity index (χ4v) is 3.19. The summed E-state index contributed by atoms with van der Waals surface area (Å²) in [6.07, 6.45) is 2.80. The molecule has 5 nitrogen and oxygen atoms in total. The molecule has 1 aromatic rings. The van der Waals surface area contributed by atoms with Crippen molar-refractivity contribution >= 4 is 24.0 Å². The summed E-state index contributed by atoms with van der Waals surface area (Å²) >= 11 is 6.21. The number of hydrogen-bond donors (Lipinski definition) is 2. The summed E-state index contributed by atoms with van der Waals surface area (Å²) in [5.41, 5.74) is 1.08. The van der Waals surface area contributed by atoms with Crippen LogP contribution in [0.15, 0.2) is 12.1 Å². The van der Waals surface area contributed by atoms with Crippen LogP contribution >= 0.6 is 24.0 Å². The molecule has 0 aromatic heterocycles. The van der Waals surface area contributed by atoms with Gasteiger partial charge < -0.3 is 24.8 Å². The Bertz CT molecular complexity index is 495. The summed E-state index contributed by atoms with van der Waals surface area (Å²) in [4.78, 5) is 2.42. The predicted octanol–water partition coefficient (Wildman–Crippen LogP) is 2.72. The van der Waals surface area contributed by atoms with Crippen LogP contribution in [-0.4, -0.2) is 56.5 Å². The minimum atomic E-state index is -0.0980. The first-order chi connectivity index (χ1) is 11.1. The quantitative estimate of drug-likeness (QED) is 0.681. The summed E-state index contributed by atoms with van der Waals surface area (Å²) in [5, 5.41) is 13.5. The van der Waals surface area contributed by atoms with Crippen molar-refractivity contribution in [3.8, 4) is 11.5 Å². The average Bonchev–Trinajstić information content (AvgIpc) is 2.55. The summed E-state index contributed by atoms with van der Waals surface area (Å²) in [5.74, 6) is 1.23. The van der Waals surface area contributed by atoms with Crippen molar-refractivity contribution in [2.24, 2.45) is 0 Å². The first-order valence-corrected chi connectivity index (χ1v) is 8.53. The molecule has 1 aliphatic rings. The van der Waals surface area contributed by atoms with E-state index in [0.717, 1.165) is 57.5 Å². The topological polar surface area (TPSA) is 54.0 Å². The van der Waals surface area contributed by atoms with Gasteiger partial charge in [-0.1, -0.05) is 11.6 Å². The Labute approximate surface area is 155 Å². The first-order valence-electron chi connectivity index (χ1n) is 8.15. The Morgan fingerprint density at radius 3 is 2.58 bits per heavy atom. The second kappa shape index (κ2) is 11.0. The summed E-state index contributed by atoms with van der Waals surface area (Å²) in [6.45, 7) is 4.79. The molecule has 7 heteroatoms. The molecule has 0 saturated carbocycles. The van der Waals surface area contributed by atoms with Crippen molar-refractivity contribution in [3.05, 3.63) is 22.7 Å². The number of piperidine rings is 1. The molecular weight excluding hydrogens is 351 g/mol. The minimum absolute atomic E-state index is 0. The van der Waals surface area contributed by atoms with E-state index in [1.165, 1.54) is 0 Å². The maximum Gasteiger partial charge on any atom is 0.179 e. The summed E-state index contributed by atoms with van der Waals surface area (Å²) < 4.78 is 10.5. The Morgan fingerprint density at radius 1 is 1.25 bits per heavy atom. The summed E-state index contributed by atoms with van der Waals surface area (Å²) in [6, 6.07) is 3.85. The van der Waals surface area contributed by atoms with E-state index in [2.05, 4.69) is 10.2 Å². The van der Waals surface area contributed by atoms with E-state index in [4.69, 9.17) is 21.1 Å². The van der Waals surface area contributed by atoms with Gasteiger partial charge in [-0.2, -0.15) is 0 Å². The number of nitrogens with one attached hydrogen (secondary N) is 1.